The largest absolute Gasteiger partial charge is 0.494 e. The molecule has 1 aromatic heterocycles. The number of amides is 2. The van der Waals surface area contributed by atoms with Crippen LogP contribution >= 0.6 is 11.3 Å². The second-order valence-corrected chi connectivity index (χ2v) is 11.2. The zero-order valence-electron chi connectivity index (χ0n) is 22.2. The van der Waals surface area contributed by atoms with Crippen LogP contribution in [-0.2, 0) is 4.74 Å². The number of hydrogen-bond donors (Lipinski definition) is 0. The highest BCUT2D eigenvalue weighted by molar-refractivity contribution is 7.18. The number of nitriles is 1. The highest BCUT2D eigenvalue weighted by Crippen LogP contribution is 2.41. The lowest BCUT2D eigenvalue weighted by atomic mass is 10.0. The summed E-state index contributed by atoms with van der Waals surface area (Å²) >= 11 is 1.18. The zero-order valence-corrected chi connectivity index (χ0v) is 23.0. The van der Waals surface area contributed by atoms with Gasteiger partial charge in [-0.2, -0.15) is 5.26 Å². The topological polar surface area (TPSA) is 82.9 Å². The van der Waals surface area contributed by atoms with E-state index >= 15 is 0 Å². The van der Waals surface area contributed by atoms with Crippen molar-refractivity contribution in [3.05, 3.63) is 64.5 Å². The van der Waals surface area contributed by atoms with Crippen molar-refractivity contribution in [3.8, 4) is 33.4 Å². The van der Waals surface area contributed by atoms with E-state index in [1.54, 1.807) is 54.8 Å². The van der Waals surface area contributed by atoms with Gasteiger partial charge in [-0.25, -0.2) is 13.6 Å². The first-order valence-corrected chi connectivity index (χ1v) is 13.3. The van der Waals surface area contributed by atoms with E-state index in [9.17, 15) is 18.4 Å². The molecule has 3 aromatic rings. The van der Waals surface area contributed by atoms with Crippen LogP contribution in [0.1, 0.15) is 42.4 Å². The Hall–Kier alpha value is -3.97. The van der Waals surface area contributed by atoms with Crippen molar-refractivity contribution in [2.24, 2.45) is 0 Å². The van der Waals surface area contributed by atoms with Crippen LogP contribution in [0.2, 0.25) is 0 Å². The molecule has 1 saturated heterocycles. The molecule has 1 aliphatic rings. The third-order valence-corrected chi connectivity index (χ3v) is 7.36. The van der Waals surface area contributed by atoms with Gasteiger partial charge in [0.05, 0.1) is 17.6 Å². The Kier molecular flexibility index (Phi) is 8.21. The summed E-state index contributed by atoms with van der Waals surface area (Å²) in [5.41, 5.74) is 0.793. The molecule has 7 nitrogen and oxygen atoms in total. The maximum Gasteiger partial charge on any atom is 0.410 e. The minimum absolute atomic E-state index is 0.0803. The molecular weight excluding hydrogens is 524 g/mol. The Bertz CT molecular complexity index is 1440. The summed E-state index contributed by atoms with van der Waals surface area (Å²) in [6, 6.07) is 12.2. The van der Waals surface area contributed by atoms with Crippen LogP contribution in [0.3, 0.4) is 0 Å². The first-order chi connectivity index (χ1) is 18.5. The number of benzene rings is 2. The van der Waals surface area contributed by atoms with Crippen molar-refractivity contribution in [2.75, 3.05) is 33.3 Å². The molecule has 1 aliphatic heterocycles. The minimum Gasteiger partial charge on any atom is -0.494 e. The summed E-state index contributed by atoms with van der Waals surface area (Å²) in [5, 5.41) is 9.12. The van der Waals surface area contributed by atoms with Gasteiger partial charge < -0.3 is 19.3 Å². The predicted molar refractivity (Wildman–Crippen MR) is 145 cm³/mol. The van der Waals surface area contributed by atoms with E-state index in [2.05, 4.69) is 0 Å². The van der Waals surface area contributed by atoms with Gasteiger partial charge >= 0.3 is 6.09 Å². The summed E-state index contributed by atoms with van der Waals surface area (Å²) in [7, 11) is 1.37. The molecule has 0 spiro atoms. The van der Waals surface area contributed by atoms with Crippen LogP contribution in [0.15, 0.2) is 42.5 Å². The molecule has 0 bridgehead atoms. The van der Waals surface area contributed by atoms with Crippen LogP contribution < -0.4 is 4.74 Å². The summed E-state index contributed by atoms with van der Waals surface area (Å²) in [5.74, 6) is -1.41. The molecule has 0 atom stereocenters. The predicted octanol–water partition coefficient (Wildman–Crippen LogP) is 6.32. The Balaban J connectivity index is 1.66. The second kappa shape index (κ2) is 11.4. The number of carbonyl (C=O) groups is 2. The van der Waals surface area contributed by atoms with Gasteiger partial charge in [0.1, 0.15) is 17.5 Å². The maximum absolute atomic E-state index is 14.6. The first-order valence-electron chi connectivity index (χ1n) is 12.5. The Morgan fingerprint density at radius 3 is 2.26 bits per heavy atom. The molecule has 2 heterocycles. The number of nitrogens with zero attached hydrogens (tertiary/aromatic N) is 3. The van der Waals surface area contributed by atoms with E-state index in [4.69, 9.17) is 14.7 Å². The van der Waals surface area contributed by atoms with E-state index in [-0.39, 0.29) is 17.2 Å². The Labute approximate surface area is 230 Å². The Morgan fingerprint density at radius 2 is 1.62 bits per heavy atom. The molecule has 4 rings (SSSR count). The average molecular weight is 554 g/mol. The maximum atomic E-state index is 14.6. The summed E-state index contributed by atoms with van der Waals surface area (Å²) in [6.45, 7) is 6.98. The van der Waals surface area contributed by atoms with E-state index in [0.29, 0.717) is 59.0 Å². The summed E-state index contributed by atoms with van der Waals surface area (Å²) < 4.78 is 39.6. The monoisotopic (exact) mass is 553 g/mol. The van der Waals surface area contributed by atoms with Gasteiger partial charge in [-0.15, -0.1) is 11.3 Å². The third kappa shape index (κ3) is 6.37. The number of carbonyl (C=O) groups excluding carboxylic acids is 2. The molecule has 2 aromatic carbocycles. The quantitative estimate of drug-likeness (QED) is 0.377. The fourth-order valence-electron chi connectivity index (χ4n) is 4.29. The van der Waals surface area contributed by atoms with Crippen molar-refractivity contribution in [3.63, 3.8) is 0 Å². The fraction of sp³-hybridized carbons (Fsp3) is 0.345. The van der Waals surface area contributed by atoms with Crippen LogP contribution in [0.4, 0.5) is 13.6 Å². The van der Waals surface area contributed by atoms with Crippen molar-refractivity contribution in [1.29, 1.82) is 5.26 Å². The number of halogens is 2. The van der Waals surface area contributed by atoms with Crippen LogP contribution in [0, 0.1) is 23.0 Å². The summed E-state index contributed by atoms with van der Waals surface area (Å²) in [6.07, 6.45) is 0.169. The lowest BCUT2D eigenvalue weighted by molar-refractivity contribution is 0.0255. The SMILES string of the molecule is COc1ccc(-c2sc(C(=O)N3CCCN(C(=O)OC(C)(C)C)CC3)cc2-c2ccc(C#N)c(F)c2)cc1F. The Morgan fingerprint density at radius 1 is 0.949 bits per heavy atom. The lowest BCUT2D eigenvalue weighted by Crippen LogP contribution is -2.40. The molecule has 10 heteroatoms. The number of hydrogen-bond acceptors (Lipinski definition) is 6. The molecule has 1 fully saturated rings. The number of thiophene rings is 1. The molecule has 0 saturated carbocycles. The van der Waals surface area contributed by atoms with Crippen molar-refractivity contribution >= 4 is 23.3 Å². The van der Waals surface area contributed by atoms with Gasteiger partial charge in [-0.1, -0.05) is 6.07 Å². The zero-order chi connectivity index (χ0) is 28.3. The summed E-state index contributed by atoms with van der Waals surface area (Å²) in [4.78, 5) is 30.4. The van der Waals surface area contributed by atoms with Crippen molar-refractivity contribution in [1.82, 2.24) is 9.80 Å². The van der Waals surface area contributed by atoms with Crippen LogP contribution in [-0.4, -0.2) is 60.7 Å². The van der Waals surface area contributed by atoms with Crippen molar-refractivity contribution in [2.45, 2.75) is 32.8 Å². The van der Waals surface area contributed by atoms with Gasteiger partial charge in [0.25, 0.3) is 5.91 Å². The van der Waals surface area contributed by atoms with Gasteiger partial charge in [-0.3, -0.25) is 4.79 Å². The van der Waals surface area contributed by atoms with Gasteiger partial charge in [0.2, 0.25) is 0 Å². The number of methoxy groups -OCH3 is 1. The smallest absolute Gasteiger partial charge is 0.410 e. The van der Waals surface area contributed by atoms with Crippen LogP contribution in [0.25, 0.3) is 21.6 Å². The molecular formula is C29H29F2N3O4S. The van der Waals surface area contributed by atoms with Gasteiger partial charge in [0, 0.05) is 36.6 Å². The molecule has 0 aliphatic carbocycles. The van der Waals surface area contributed by atoms with Gasteiger partial charge in [-0.05, 0) is 74.7 Å². The highest BCUT2D eigenvalue weighted by Gasteiger charge is 2.28. The average Bonchev–Trinajstić information content (AvgIpc) is 3.18. The van der Waals surface area contributed by atoms with Gasteiger partial charge in [0.15, 0.2) is 11.6 Å². The lowest BCUT2D eigenvalue weighted by Gasteiger charge is -2.26. The minimum atomic E-state index is -0.685. The van der Waals surface area contributed by atoms with Crippen LogP contribution in [0.5, 0.6) is 5.75 Å². The first kappa shape index (κ1) is 28.0. The van der Waals surface area contributed by atoms with E-state index in [1.165, 1.54) is 42.7 Å². The standard InChI is InChI=1S/C29H29F2N3O4S/c1-29(2,3)38-28(36)34-11-5-10-33(12-13-34)27(35)25-16-21(18-6-7-20(17-32)22(30)14-18)26(39-25)19-8-9-24(37-4)23(31)15-19/h6-9,14-16H,5,10-13H2,1-4H3. The second-order valence-electron chi connectivity index (χ2n) is 10.1. The van der Waals surface area contributed by atoms with E-state index in [1.807, 2.05) is 0 Å². The van der Waals surface area contributed by atoms with E-state index < -0.39 is 23.3 Å². The molecule has 0 N–H and O–H groups in total. The number of ether oxygens (including phenoxy) is 2. The molecule has 0 unspecified atom stereocenters. The molecule has 2 amide bonds. The molecule has 0 radical (unpaired) electrons. The number of rotatable bonds is 4. The fourth-order valence-corrected chi connectivity index (χ4v) is 5.44. The highest BCUT2D eigenvalue weighted by atomic mass is 32.1. The van der Waals surface area contributed by atoms with Crippen molar-refractivity contribution < 1.29 is 27.8 Å². The normalized spacial score (nSPS) is 14.0. The third-order valence-electron chi connectivity index (χ3n) is 6.19. The molecule has 39 heavy (non-hydrogen) atoms. The van der Waals surface area contributed by atoms with E-state index in [0.717, 1.165) is 0 Å². The molecule has 204 valence electrons.